The molecule has 2 rings (SSSR count). The van der Waals surface area contributed by atoms with E-state index in [1.54, 1.807) is 0 Å². The van der Waals surface area contributed by atoms with E-state index in [0.29, 0.717) is 11.5 Å². The van der Waals surface area contributed by atoms with E-state index in [1.165, 1.54) is 0 Å². The molecule has 96 valence electrons. The molecule has 0 radical (unpaired) electrons. The lowest BCUT2D eigenvalue weighted by Gasteiger charge is -2.33. The average Bonchev–Trinajstić information content (AvgIpc) is 2.38. The maximum absolute atomic E-state index is 9.26. The van der Waals surface area contributed by atoms with Gasteiger partial charge in [-0.05, 0) is 44.2 Å². The predicted octanol–water partition coefficient (Wildman–Crippen LogP) is 1.78. The molecule has 1 N–H and O–H groups in total. The molecular formula is C14H19N3O. The van der Waals surface area contributed by atoms with Crippen LogP contribution in [-0.4, -0.2) is 29.8 Å². The van der Waals surface area contributed by atoms with Gasteiger partial charge >= 0.3 is 0 Å². The Morgan fingerprint density at radius 2 is 2.33 bits per heavy atom. The van der Waals surface area contributed by atoms with Gasteiger partial charge < -0.3 is 10.0 Å². The maximum Gasteiger partial charge on any atom is 0.129 e. The Labute approximate surface area is 108 Å². The van der Waals surface area contributed by atoms with E-state index in [-0.39, 0.29) is 6.61 Å². The summed E-state index contributed by atoms with van der Waals surface area (Å²) in [7, 11) is 0. The summed E-state index contributed by atoms with van der Waals surface area (Å²) in [6, 6.07) is 4.17. The van der Waals surface area contributed by atoms with Crippen LogP contribution in [0.1, 0.15) is 29.7 Å². The molecule has 0 amide bonds. The molecule has 0 bridgehead atoms. The molecule has 0 aromatic carbocycles. The van der Waals surface area contributed by atoms with Crippen molar-refractivity contribution in [2.75, 3.05) is 24.6 Å². The van der Waals surface area contributed by atoms with E-state index >= 15 is 0 Å². The van der Waals surface area contributed by atoms with Gasteiger partial charge in [0.25, 0.3) is 0 Å². The summed E-state index contributed by atoms with van der Waals surface area (Å²) in [6.07, 6.45) is 2.17. The zero-order valence-electron chi connectivity index (χ0n) is 11.0. The van der Waals surface area contributed by atoms with Crippen LogP contribution < -0.4 is 4.90 Å². The van der Waals surface area contributed by atoms with Crippen molar-refractivity contribution in [2.24, 2.45) is 5.92 Å². The van der Waals surface area contributed by atoms with Gasteiger partial charge in [0, 0.05) is 19.7 Å². The summed E-state index contributed by atoms with van der Waals surface area (Å²) in [5, 5.41) is 18.3. The topological polar surface area (TPSA) is 60.1 Å². The Morgan fingerprint density at radius 3 is 2.94 bits per heavy atom. The molecule has 1 saturated heterocycles. The summed E-state index contributed by atoms with van der Waals surface area (Å²) >= 11 is 0. The number of aliphatic hydroxyl groups is 1. The van der Waals surface area contributed by atoms with E-state index in [4.69, 9.17) is 5.26 Å². The summed E-state index contributed by atoms with van der Waals surface area (Å²) in [5.74, 6) is 1.28. The second kappa shape index (κ2) is 5.36. The lowest BCUT2D eigenvalue weighted by Crippen LogP contribution is -2.37. The highest BCUT2D eigenvalue weighted by molar-refractivity contribution is 5.50. The van der Waals surface area contributed by atoms with Crippen molar-refractivity contribution in [3.63, 3.8) is 0 Å². The first kappa shape index (κ1) is 12.8. The number of rotatable bonds is 2. The number of aliphatic hydroxyl groups excluding tert-OH is 1. The quantitative estimate of drug-likeness (QED) is 0.862. The minimum absolute atomic E-state index is 0.241. The fraction of sp³-hybridized carbons (Fsp3) is 0.571. The van der Waals surface area contributed by atoms with Crippen LogP contribution in [0.4, 0.5) is 5.82 Å². The third-order valence-corrected chi connectivity index (χ3v) is 3.60. The molecule has 1 aromatic rings. The lowest BCUT2D eigenvalue weighted by molar-refractivity contribution is 0.208. The number of piperidine rings is 1. The number of aromatic nitrogens is 1. The first-order chi connectivity index (χ1) is 8.65. The highest BCUT2D eigenvalue weighted by Gasteiger charge is 2.21. The fourth-order valence-corrected chi connectivity index (χ4v) is 2.56. The molecule has 2 heterocycles. The zero-order chi connectivity index (χ0) is 13.1. The zero-order valence-corrected chi connectivity index (χ0v) is 11.0. The van der Waals surface area contributed by atoms with Crippen LogP contribution in [-0.2, 0) is 0 Å². The minimum Gasteiger partial charge on any atom is -0.396 e. The summed E-state index contributed by atoms with van der Waals surface area (Å²) in [4.78, 5) is 6.73. The van der Waals surface area contributed by atoms with Gasteiger partial charge in [0.05, 0.1) is 11.3 Å². The lowest BCUT2D eigenvalue weighted by atomic mass is 9.99. The number of nitrogens with zero attached hydrogens (tertiary/aromatic N) is 3. The number of nitriles is 1. The smallest absolute Gasteiger partial charge is 0.129 e. The van der Waals surface area contributed by atoms with Gasteiger partial charge in [-0.25, -0.2) is 4.98 Å². The van der Waals surface area contributed by atoms with Crippen molar-refractivity contribution in [3.05, 3.63) is 22.9 Å². The van der Waals surface area contributed by atoms with Gasteiger partial charge in [-0.2, -0.15) is 5.26 Å². The number of hydrogen-bond donors (Lipinski definition) is 1. The Kier molecular flexibility index (Phi) is 3.83. The van der Waals surface area contributed by atoms with Crippen molar-refractivity contribution >= 4 is 5.82 Å². The SMILES string of the molecule is Cc1cc(N2CCCC(CO)C2)nc(C)c1C#N. The molecule has 1 unspecified atom stereocenters. The van der Waals surface area contributed by atoms with Crippen LogP contribution in [0.2, 0.25) is 0 Å². The molecule has 1 atom stereocenters. The predicted molar refractivity (Wildman–Crippen MR) is 70.4 cm³/mol. The molecule has 4 nitrogen and oxygen atoms in total. The minimum atomic E-state index is 0.241. The number of pyridine rings is 1. The van der Waals surface area contributed by atoms with Crippen LogP contribution in [0.3, 0.4) is 0 Å². The highest BCUT2D eigenvalue weighted by atomic mass is 16.3. The summed E-state index contributed by atoms with van der Waals surface area (Å²) < 4.78 is 0. The van der Waals surface area contributed by atoms with Crippen molar-refractivity contribution in [2.45, 2.75) is 26.7 Å². The molecule has 0 spiro atoms. The number of hydrogen-bond acceptors (Lipinski definition) is 4. The van der Waals surface area contributed by atoms with Gasteiger partial charge in [0.1, 0.15) is 11.9 Å². The van der Waals surface area contributed by atoms with Crippen molar-refractivity contribution in [1.29, 1.82) is 5.26 Å². The molecule has 0 aliphatic carbocycles. The van der Waals surface area contributed by atoms with Gasteiger partial charge in [0.2, 0.25) is 0 Å². The molecule has 1 aliphatic heterocycles. The second-order valence-corrected chi connectivity index (χ2v) is 5.01. The average molecular weight is 245 g/mol. The summed E-state index contributed by atoms with van der Waals surface area (Å²) in [6.45, 7) is 5.90. The second-order valence-electron chi connectivity index (χ2n) is 5.01. The van der Waals surface area contributed by atoms with Crippen molar-refractivity contribution in [3.8, 4) is 6.07 Å². The van der Waals surface area contributed by atoms with Crippen LogP contribution in [0.15, 0.2) is 6.07 Å². The van der Waals surface area contributed by atoms with Crippen LogP contribution >= 0.6 is 0 Å². The Balaban J connectivity index is 2.26. The first-order valence-electron chi connectivity index (χ1n) is 6.40. The van der Waals surface area contributed by atoms with E-state index in [9.17, 15) is 5.11 Å². The molecule has 1 aromatic heterocycles. The maximum atomic E-state index is 9.26. The first-order valence-corrected chi connectivity index (χ1v) is 6.40. The van der Waals surface area contributed by atoms with E-state index < -0.39 is 0 Å². The van der Waals surface area contributed by atoms with E-state index in [2.05, 4.69) is 16.0 Å². The third kappa shape index (κ3) is 2.46. The van der Waals surface area contributed by atoms with E-state index in [0.717, 1.165) is 43.0 Å². The summed E-state index contributed by atoms with van der Waals surface area (Å²) in [5.41, 5.74) is 2.44. The van der Waals surface area contributed by atoms with Crippen LogP contribution in [0.25, 0.3) is 0 Å². The molecule has 18 heavy (non-hydrogen) atoms. The molecule has 0 saturated carbocycles. The van der Waals surface area contributed by atoms with Crippen LogP contribution in [0, 0.1) is 31.1 Å². The van der Waals surface area contributed by atoms with Crippen molar-refractivity contribution in [1.82, 2.24) is 4.98 Å². The number of anilines is 1. The van der Waals surface area contributed by atoms with Gasteiger partial charge in [-0.1, -0.05) is 0 Å². The highest BCUT2D eigenvalue weighted by Crippen LogP contribution is 2.24. The number of aryl methyl sites for hydroxylation is 2. The monoisotopic (exact) mass is 245 g/mol. The molecule has 1 fully saturated rings. The third-order valence-electron chi connectivity index (χ3n) is 3.60. The largest absolute Gasteiger partial charge is 0.396 e. The van der Waals surface area contributed by atoms with Crippen molar-refractivity contribution < 1.29 is 5.11 Å². The van der Waals surface area contributed by atoms with Gasteiger partial charge in [-0.15, -0.1) is 0 Å². The van der Waals surface area contributed by atoms with Gasteiger partial charge in [-0.3, -0.25) is 0 Å². The van der Waals surface area contributed by atoms with E-state index in [1.807, 2.05) is 19.9 Å². The fourth-order valence-electron chi connectivity index (χ4n) is 2.56. The Hall–Kier alpha value is -1.60. The Morgan fingerprint density at radius 1 is 1.56 bits per heavy atom. The molecule has 4 heteroatoms. The standard InChI is InChI=1S/C14H19N3O/c1-10-6-14(16-11(2)13(10)7-15)17-5-3-4-12(8-17)9-18/h6,12,18H,3-5,8-9H2,1-2H3. The normalized spacial score (nSPS) is 19.7. The van der Waals surface area contributed by atoms with Gasteiger partial charge in [0.15, 0.2) is 0 Å². The molecular weight excluding hydrogens is 226 g/mol. The Bertz CT molecular complexity index is 455. The van der Waals surface area contributed by atoms with Crippen LogP contribution in [0.5, 0.6) is 0 Å². The molecule has 1 aliphatic rings.